The van der Waals surface area contributed by atoms with Crippen LogP contribution in [0.15, 0.2) is 53.3 Å². The minimum Gasteiger partial charge on any atom is -0.326 e. The second-order valence-electron chi connectivity index (χ2n) is 6.91. The van der Waals surface area contributed by atoms with Crippen molar-refractivity contribution < 1.29 is 4.79 Å². The fourth-order valence-electron chi connectivity index (χ4n) is 3.62. The van der Waals surface area contributed by atoms with Crippen LogP contribution in [0.2, 0.25) is 0 Å². The van der Waals surface area contributed by atoms with Crippen molar-refractivity contribution in [3.63, 3.8) is 0 Å². The van der Waals surface area contributed by atoms with Crippen LogP contribution in [-0.4, -0.2) is 15.9 Å². The average Bonchev–Trinajstić information content (AvgIpc) is 3.15. The lowest BCUT2D eigenvalue weighted by atomic mass is 10.0. The summed E-state index contributed by atoms with van der Waals surface area (Å²) >= 11 is 0. The first-order valence-electron chi connectivity index (χ1n) is 9.08. The molecule has 2 aromatic carbocycles. The van der Waals surface area contributed by atoms with Crippen molar-refractivity contribution in [3.8, 4) is 11.4 Å². The highest BCUT2D eigenvalue weighted by Gasteiger charge is 2.18. The van der Waals surface area contributed by atoms with E-state index in [1.807, 2.05) is 42.5 Å². The van der Waals surface area contributed by atoms with Gasteiger partial charge in [-0.05, 0) is 55.2 Å². The van der Waals surface area contributed by atoms with Crippen LogP contribution in [0.25, 0.3) is 22.3 Å². The lowest BCUT2D eigenvalue weighted by Crippen LogP contribution is -2.15. The Hall–Kier alpha value is -2.95. The second-order valence-corrected chi connectivity index (χ2v) is 6.91. The number of nitrogens with one attached hydrogen (secondary N) is 2. The molecule has 0 atom stereocenters. The molecule has 0 saturated heterocycles. The number of fused-ring (bicyclic) bond motifs is 1. The van der Waals surface area contributed by atoms with Gasteiger partial charge in [0.25, 0.3) is 5.56 Å². The van der Waals surface area contributed by atoms with E-state index in [0.717, 1.165) is 24.1 Å². The first kappa shape index (κ1) is 16.5. The molecule has 5 nitrogen and oxygen atoms in total. The van der Waals surface area contributed by atoms with Gasteiger partial charge in [0.1, 0.15) is 5.82 Å². The Kier molecular flexibility index (Phi) is 4.52. The normalized spacial score (nSPS) is 14.6. The summed E-state index contributed by atoms with van der Waals surface area (Å²) in [6, 6.07) is 14.7. The van der Waals surface area contributed by atoms with E-state index in [-0.39, 0.29) is 11.5 Å². The van der Waals surface area contributed by atoms with Gasteiger partial charge < -0.3 is 10.3 Å². The summed E-state index contributed by atoms with van der Waals surface area (Å²) in [5.74, 6) is 1.13. The van der Waals surface area contributed by atoms with Crippen LogP contribution in [0, 0.1) is 5.92 Å². The zero-order chi connectivity index (χ0) is 17.9. The van der Waals surface area contributed by atoms with Crippen molar-refractivity contribution in [2.45, 2.75) is 32.1 Å². The molecule has 1 aliphatic rings. The molecule has 0 spiro atoms. The van der Waals surface area contributed by atoms with Gasteiger partial charge in [0.15, 0.2) is 0 Å². The standard InChI is InChI=1S/C21H21N3O2/c25-19(13-14-5-1-2-6-14)22-16-11-9-15(10-12-16)20-23-18-8-4-3-7-17(18)21(26)24-20/h3-4,7-12,14H,1-2,5-6,13H2,(H,22,25)(H,23,24,26). The zero-order valence-electron chi connectivity index (χ0n) is 14.5. The summed E-state index contributed by atoms with van der Waals surface area (Å²) < 4.78 is 0. The van der Waals surface area contributed by atoms with E-state index in [9.17, 15) is 9.59 Å². The van der Waals surface area contributed by atoms with E-state index >= 15 is 0 Å². The number of aromatic nitrogens is 2. The maximum absolute atomic E-state index is 12.2. The molecule has 26 heavy (non-hydrogen) atoms. The van der Waals surface area contributed by atoms with Crippen LogP contribution in [0.1, 0.15) is 32.1 Å². The number of amides is 1. The van der Waals surface area contributed by atoms with E-state index in [1.165, 1.54) is 12.8 Å². The van der Waals surface area contributed by atoms with Gasteiger partial charge >= 0.3 is 0 Å². The topological polar surface area (TPSA) is 74.8 Å². The van der Waals surface area contributed by atoms with Gasteiger partial charge in [0, 0.05) is 17.7 Å². The number of rotatable bonds is 4. The maximum atomic E-state index is 12.2. The largest absolute Gasteiger partial charge is 0.326 e. The molecule has 3 aromatic rings. The van der Waals surface area contributed by atoms with Gasteiger partial charge in [-0.3, -0.25) is 9.59 Å². The Morgan fingerprint density at radius 3 is 2.58 bits per heavy atom. The molecule has 0 bridgehead atoms. The summed E-state index contributed by atoms with van der Waals surface area (Å²) in [6.45, 7) is 0. The van der Waals surface area contributed by atoms with Crippen LogP contribution in [0.5, 0.6) is 0 Å². The molecule has 1 fully saturated rings. The van der Waals surface area contributed by atoms with Gasteiger partial charge in [-0.25, -0.2) is 4.98 Å². The highest BCUT2D eigenvalue weighted by atomic mass is 16.1. The molecule has 0 radical (unpaired) electrons. The van der Waals surface area contributed by atoms with E-state index in [1.54, 1.807) is 6.07 Å². The molecule has 1 saturated carbocycles. The summed E-state index contributed by atoms with van der Waals surface area (Å²) in [5, 5.41) is 3.53. The first-order valence-corrected chi connectivity index (χ1v) is 9.08. The number of benzene rings is 2. The number of aromatic amines is 1. The van der Waals surface area contributed by atoms with Gasteiger partial charge in [-0.2, -0.15) is 0 Å². The third kappa shape index (κ3) is 3.52. The Morgan fingerprint density at radius 1 is 1.08 bits per heavy atom. The summed E-state index contributed by atoms with van der Waals surface area (Å²) in [6.07, 6.45) is 5.40. The van der Waals surface area contributed by atoms with Crippen LogP contribution in [-0.2, 0) is 4.79 Å². The number of carbonyl (C=O) groups is 1. The van der Waals surface area contributed by atoms with E-state index in [2.05, 4.69) is 15.3 Å². The molecular weight excluding hydrogens is 326 g/mol. The predicted octanol–water partition coefficient (Wildman–Crippen LogP) is 4.11. The Bertz CT molecular complexity index is 986. The van der Waals surface area contributed by atoms with Gasteiger partial charge in [0.05, 0.1) is 10.9 Å². The van der Waals surface area contributed by atoms with Crippen molar-refractivity contribution in [3.05, 3.63) is 58.9 Å². The molecule has 1 aromatic heterocycles. The Labute approximate surface area is 151 Å². The summed E-state index contributed by atoms with van der Waals surface area (Å²) in [4.78, 5) is 31.7. The zero-order valence-corrected chi connectivity index (χ0v) is 14.5. The van der Waals surface area contributed by atoms with E-state index in [4.69, 9.17) is 0 Å². The SMILES string of the molecule is O=C(CC1CCCC1)Nc1ccc(-c2nc3ccccc3c(=O)[nH]2)cc1. The number of carbonyl (C=O) groups excluding carboxylic acids is 1. The highest BCUT2D eigenvalue weighted by Crippen LogP contribution is 2.28. The first-order chi connectivity index (χ1) is 12.7. The fraction of sp³-hybridized carbons (Fsp3) is 0.286. The number of anilines is 1. The van der Waals surface area contributed by atoms with E-state index in [0.29, 0.717) is 29.1 Å². The smallest absolute Gasteiger partial charge is 0.259 e. The molecule has 1 heterocycles. The third-order valence-electron chi connectivity index (χ3n) is 5.00. The third-order valence-corrected chi connectivity index (χ3v) is 5.00. The van der Waals surface area contributed by atoms with Crippen molar-refractivity contribution in [2.75, 3.05) is 5.32 Å². The van der Waals surface area contributed by atoms with Gasteiger partial charge in [-0.15, -0.1) is 0 Å². The molecule has 2 N–H and O–H groups in total. The van der Waals surface area contributed by atoms with Crippen LogP contribution in [0.4, 0.5) is 5.69 Å². The lowest BCUT2D eigenvalue weighted by molar-refractivity contribution is -0.117. The van der Waals surface area contributed by atoms with Crippen LogP contribution in [0.3, 0.4) is 0 Å². The minimum atomic E-state index is -0.153. The van der Waals surface area contributed by atoms with Crippen molar-refractivity contribution in [1.29, 1.82) is 0 Å². The highest BCUT2D eigenvalue weighted by molar-refractivity contribution is 5.91. The number of H-pyrrole nitrogens is 1. The fourth-order valence-corrected chi connectivity index (χ4v) is 3.62. The summed E-state index contributed by atoms with van der Waals surface area (Å²) in [7, 11) is 0. The van der Waals surface area contributed by atoms with Crippen molar-refractivity contribution >= 4 is 22.5 Å². The van der Waals surface area contributed by atoms with E-state index < -0.39 is 0 Å². The number of hydrogen-bond acceptors (Lipinski definition) is 3. The molecule has 0 aliphatic heterocycles. The minimum absolute atomic E-state index is 0.0712. The average molecular weight is 347 g/mol. The predicted molar refractivity (Wildman–Crippen MR) is 103 cm³/mol. The van der Waals surface area contributed by atoms with Gasteiger partial charge in [0.2, 0.25) is 5.91 Å². The number of para-hydroxylation sites is 1. The number of nitrogens with zero attached hydrogens (tertiary/aromatic N) is 1. The van der Waals surface area contributed by atoms with Crippen molar-refractivity contribution in [1.82, 2.24) is 9.97 Å². The molecule has 132 valence electrons. The molecule has 5 heteroatoms. The quantitative estimate of drug-likeness (QED) is 0.746. The lowest BCUT2D eigenvalue weighted by Gasteiger charge is -2.10. The van der Waals surface area contributed by atoms with Crippen molar-refractivity contribution in [2.24, 2.45) is 5.92 Å². The van der Waals surface area contributed by atoms with Crippen LogP contribution >= 0.6 is 0 Å². The number of hydrogen-bond donors (Lipinski definition) is 2. The Morgan fingerprint density at radius 2 is 1.81 bits per heavy atom. The molecule has 4 rings (SSSR count). The molecule has 1 aliphatic carbocycles. The maximum Gasteiger partial charge on any atom is 0.259 e. The molecule has 0 unspecified atom stereocenters. The van der Waals surface area contributed by atoms with Gasteiger partial charge in [-0.1, -0.05) is 25.0 Å². The van der Waals surface area contributed by atoms with Crippen LogP contribution < -0.4 is 10.9 Å². The molecular formula is C21H21N3O2. The Balaban J connectivity index is 1.50. The summed E-state index contributed by atoms with van der Waals surface area (Å²) in [5.41, 5.74) is 2.08. The second kappa shape index (κ2) is 7.12. The monoisotopic (exact) mass is 347 g/mol. The molecule has 1 amide bonds.